The van der Waals surface area contributed by atoms with Gasteiger partial charge >= 0.3 is 0 Å². The maximum atomic E-state index is 12.5. The molecule has 2 aromatic rings. The number of thiophene rings is 1. The zero-order chi connectivity index (χ0) is 17.2. The second-order valence-electron chi connectivity index (χ2n) is 5.59. The fraction of sp³-hybridized carbons (Fsp3) is 0.312. The van der Waals surface area contributed by atoms with Crippen molar-refractivity contribution in [2.45, 2.75) is 23.1 Å². The Morgan fingerprint density at radius 3 is 2.42 bits per heavy atom. The van der Waals surface area contributed by atoms with Crippen LogP contribution in [0.15, 0.2) is 46.0 Å². The molecule has 1 aromatic heterocycles. The topological polar surface area (TPSA) is 66.5 Å². The number of nitrogens with zero attached hydrogens (tertiary/aromatic N) is 1. The Morgan fingerprint density at radius 1 is 1.17 bits per heavy atom. The molecule has 1 saturated heterocycles. The zero-order valence-electron chi connectivity index (χ0n) is 12.8. The number of sulfonamides is 1. The average Bonchev–Trinajstić information content (AvgIpc) is 3.11. The van der Waals surface area contributed by atoms with Gasteiger partial charge in [-0.05, 0) is 48.6 Å². The first kappa shape index (κ1) is 17.4. The van der Waals surface area contributed by atoms with Gasteiger partial charge in [0.15, 0.2) is 0 Å². The van der Waals surface area contributed by atoms with Crippen molar-refractivity contribution in [1.29, 1.82) is 0 Å². The Morgan fingerprint density at radius 2 is 1.83 bits per heavy atom. The number of rotatable bonds is 4. The van der Waals surface area contributed by atoms with Gasteiger partial charge in [0.1, 0.15) is 4.21 Å². The number of hydrogen-bond donors (Lipinski definition) is 1. The molecule has 24 heavy (non-hydrogen) atoms. The van der Waals surface area contributed by atoms with E-state index in [9.17, 15) is 13.2 Å². The molecule has 5 nitrogen and oxygen atoms in total. The average molecular weight is 385 g/mol. The summed E-state index contributed by atoms with van der Waals surface area (Å²) in [6.45, 7) is 0.817. The number of amides is 1. The van der Waals surface area contributed by atoms with E-state index >= 15 is 0 Å². The molecular formula is C16H17ClN2O3S2. The molecule has 0 saturated carbocycles. The van der Waals surface area contributed by atoms with Crippen molar-refractivity contribution in [1.82, 2.24) is 9.62 Å². The molecule has 3 rings (SSSR count). The van der Waals surface area contributed by atoms with Crippen LogP contribution in [0.25, 0.3) is 0 Å². The molecule has 1 aliphatic rings. The quantitative estimate of drug-likeness (QED) is 0.881. The highest BCUT2D eigenvalue weighted by Gasteiger charge is 2.30. The highest BCUT2D eigenvalue weighted by atomic mass is 35.5. The maximum absolute atomic E-state index is 12.5. The van der Waals surface area contributed by atoms with Crippen molar-refractivity contribution >= 4 is 38.9 Å². The third-order valence-corrected chi connectivity index (χ3v) is 7.51. The van der Waals surface area contributed by atoms with Crippen molar-refractivity contribution in [2.24, 2.45) is 0 Å². The number of nitrogens with one attached hydrogen (secondary N) is 1. The molecule has 8 heteroatoms. The first-order valence-corrected chi connectivity index (χ1v) is 10.3. The molecule has 0 spiro atoms. The lowest BCUT2D eigenvalue weighted by molar-refractivity contribution is 0.0924. The van der Waals surface area contributed by atoms with Gasteiger partial charge in [0.2, 0.25) is 0 Å². The molecule has 128 valence electrons. The summed E-state index contributed by atoms with van der Waals surface area (Å²) in [5.41, 5.74) is 0.549. The lowest BCUT2D eigenvalue weighted by atomic mass is 10.1. The molecule has 2 heterocycles. The molecule has 1 amide bonds. The van der Waals surface area contributed by atoms with Crippen LogP contribution in [0.4, 0.5) is 0 Å². The van der Waals surface area contributed by atoms with Crippen LogP contribution in [0.3, 0.4) is 0 Å². The van der Waals surface area contributed by atoms with Crippen LogP contribution < -0.4 is 5.32 Å². The van der Waals surface area contributed by atoms with Gasteiger partial charge in [-0.25, -0.2) is 8.42 Å². The van der Waals surface area contributed by atoms with Crippen LogP contribution >= 0.6 is 22.9 Å². The van der Waals surface area contributed by atoms with E-state index in [0.29, 0.717) is 40.7 Å². The van der Waals surface area contributed by atoms with E-state index in [1.807, 2.05) is 0 Å². The van der Waals surface area contributed by atoms with Gasteiger partial charge in [-0.3, -0.25) is 4.79 Å². The van der Waals surface area contributed by atoms with Crippen LogP contribution in [-0.2, 0) is 10.0 Å². The van der Waals surface area contributed by atoms with E-state index < -0.39 is 10.0 Å². The van der Waals surface area contributed by atoms with Crippen LogP contribution in [-0.4, -0.2) is 37.8 Å². The standard InChI is InChI=1S/C16H17ClN2O3S2/c17-13-5-3-12(4-6-13)16(20)18-14-7-9-19(10-8-14)24(21,22)15-2-1-11-23-15/h1-6,11,14H,7-10H2,(H,18,20). The molecule has 0 bridgehead atoms. The second kappa shape index (κ2) is 7.23. The van der Waals surface area contributed by atoms with Crippen molar-refractivity contribution in [3.8, 4) is 0 Å². The SMILES string of the molecule is O=C(NC1CCN(S(=O)(=O)c2cccs2)CC1)c1ccc(Cl)cc1. The number of carbonyl (C=O) groups excluding carboxylic acids is 1. The van der Waals surface area contributed by atoms with E-state index in [2.05, 4.69) is 5.32 Å². The molecule has 1 aliphatic heterocycles. The van der Waals surface area contributed by atoms with Crippen molar-refractivity contribution in [3.05, 3.63) is 52.4 Å². The van der Waals surface area contributed by atoms with E-state index in [0.717, 1.165) is 0 Å². The lowest BCUT2D eigenvalue weighted by Gasteiger charge is -2.31. The highest BCUT2D eigenvalue weighted by Crippen LogP contribution is 2.24. The van der Waals surface area contributed by atoms with E-state index in [1.54, 1.807) is 41.8 Å². The molecule has 1 aromatic carbocycles. The monoisotopic (exact) mass is 384 g/mol. The number of hydrogen-bond acceptors (Lipinski definition) is 4. The van der Waals surface area contributed by atoms with Crippen LogP contribution in [0, 0.1) is 0 Å². The molecule has 0 atom stereocenters. The first-order chi connectivity index (χ1) is 11.5. The minimum atomic E-state index is -3.40. The van der Waals surface area contributed by atoms with Gasteiger partial charge in [-0.2, -0.15) is 4.31 Å². The maximum Gasteiger partial charge on any atom is 0.252 e. The smallest absolute Gasteiger partial charge is 0.252 e. The van der Waals surface area contributed by atoms with E-state index in [4.69, 9.17) is 11.6 Å². The summed E-state index contributed by atoms with van der Waals surface area (Å²) in [5, 5.41) is 5.30. The first-order valence-electron chi connectivity index (χ1n) is 7.57. The Hall–Kier alpha value is -1.41. The number of halogens is 1. The summed E-state index contributed by atoms with van der Waals surface area (Å²) in [5.74, 6) is -0.161. The number of carbonyl (C=O) groups is 1. The fourth-order valence-electron chi connectivity index (χ4n) is 2.65. The molecule has 0 unspecified atom stereocenters. The van der Waals surface area contributed by atoms with Crippen LogP contribution in [0.2, 0.25) is 5.02 Å². The number of piperidine rings is 1. The lowest BCUT2D eigenvalue weighted by Crippen LogP contribution is -2.46. The van der Waals surface area contributed by atoms with Gasteiger partial charge < -0.3 is 5.32 Å². The second-order valence-corrected chi connectivity index (χ2v) is 9.14. The molecule has 0 aliphatic carbocycles. The van der Waals surface area contributed by atoms with E-state index in [-0.39, 0.29) is 11.9 Å². The summed E-state index contributed by atoms with van der Waals surface area (Å²) in [6.07, 6.45) is 1.20. The van der Waals surface area contributed by atoms with Crippen LogP contribution in [0.1, 0.15) is 23.2 Å². The summed E-state index contributed by atoms with van der Waals surface area (Å²) in [7, 11) is -3.40. The normalized spacial score (nSPS) is 16.9. The Bertz CT molecular complexity index is 796. The largest absolute Gasteiger partial charge is 0.349 e. The van der Waals surface area contributed by atoms with Crippen LogP contribution in [0.5, 0.6) is 0 Å². The Balaban J connectivity index is 1.57. The highest BCUT2D eigenvalue weighted by molar-refractivity contribution is 7.91. The van der Waals surface area contributed by atoms with Gasteiger partial charge in [0, 0.05) is 29.7 Å². The van der Waals surface area contributed by atoms with Gasteiger partial charge in [0.05, 0.1) is 0 Å². The van der Waals surface area contributed by atoms with Crippen molar-refractivity contribution in [2.75, 3.05) is 13.1 Å². The fourth-order valence-corrected chi connectivity index (χ4v) is 5.39. The summed E-state index contributed by atoms with van der Waals surface area (Å²) in [4.78, 5) is 12.2. The van der Waals surface area contributed by atoms with Gasteiger partial charge in [-0.1, -0.05) is 17.7 Å². The minimum absolute atomic E-state index is 0.0250. The molecule has 1 fully saturated rings. The van der Waals surface area contributed by atoms with Crippen molar-refractivity contribution in [3.63, 3.8) is 0 Å². The summed E-state index contributed by atoms with van der Waals surface area (Å²) in [6, 6.07) is 10.0. The third kappa shape index (κ3) is 3.80. The minimum Gasteiger partial charge on any atom is -0.349 e. The Labute approximate surface area is 150 Å². The third-order valence-electron chi connectivity index (χ3n) is 3.98. The predicted molar refractivity (Wildman–Crippen MR) is 95.0 cm³/mol. The summed E-state index contributed by atoms with van der Waals surface area (Å²) >= 11 is 7.04. The van der Waals surface area contributed by atoms with Gasteiger partial charge in [-0.15, -0.1) is 11.3 Å². The molecular weight excluding hydrogens is 368 g/mol. The van der Waals surface area contributed by atoms with E-state index in [1.165, 1.54) is 15.6 Å². The summed E-state index contributed by atoms with van der Waals surface area (Å²) < 4.78 is 26.8. The zero-order valence-corrected chi connectivity index (χ0v) is 15.2. The Kier molecular flexibility index (Phi) is 5.24. The molecule has 1 N–H and O–H groups in total. The van der Waals surface area contributed by atoms with Gasteiger partial charge in [0.25, 0.3) is 15.9 Å². The predicted octanol–water partition coefficient (Wildman–Crippen LogP) is 2.98. The number of benzene rings is 1. The van der Waals surface area contributed by atoms with Crippen molar-refractivity contribution < 1.29 is 13.2 Å². The molecule has 0 radical (unpaired) electrons.